The molecular formula is C26H31F5O3. The van der Waals surface area contributed by atoms with E-state index in [0.717, 1.165) is 30.9 Å². The standard InChI is InChI=1S/C26H31F5O3/c1-3-5-6-7-8-9-11-18-12-14-19(15-13-18)20-16-17-21(24(28)23(20)27)33-25(32)34-22(10-4-2)26(29,30)31/h12-17,22H,3-11H2,1-2H3. The Morgan fingerprint density at radius 1 is 0.853 bits per heavy atom. The van der Waals surface area contributed by atoms with Gasteiger partial charge in [0.05, 0.1) is 0 Å². The predicted molar refractivity (Wildman–Crippen MR) is 121 cm³/mol. The molecule has 8 heteroatoms. The van der Waals surface area contributed by atoms with Crippen LogP contribution in [0.2, 0.25) is 0 Å². The lowest BCUT2D eigenvalue weighted by molar-refractivity contribution is -0.208. The van der Waals surface area contributed by atoms with Gasteiger partial charge in [-0.05, 0) is 42.5 Å². The lowest BCUT2D eigenvalue weighted by Crippen LogP contribution is -2.34. The second-order valence-corrected chi connectivity index (χ2v) is 8.24. The molecule has 34 heavy (non-hydrogen) atoms. The molecule has 0 saturated carbocycles. The van der Waals surface area contributed by atoms with E-state index in [9.17, 15) is 26.7 Å². The van der Waals surface area contributed by atoms with E-state index < -0.39 is 42.2 Å². The van der Waals surface area contributed by atoms with Gasteiger partial charge in [0.1, 0.15) is 0 Å². The normalized spacial score (nSPS) is 12.4. The van der Waals surface area contributed by atoms with E-state index in [-0.39, 0.29) is 12.0 Å². The summed E-state index contributed by atoms with van der Waals surface area (Å²) in [6, 6.07) is 9.26. The molecule has 2 aromatic carbocycles. The number of rotatable bonds is 12. The zero-order chi connectivity index (χ0) is 25.1. The highest BCUT2D eigenvalue weighted by atomic mass is 19.4. The molecule has 0 aliphatic rings. The molecule has 1 atom stereocenters. The van der Waals surface area contributed by atoms with Gasteiger partial charge < -0.3 is 9.47 Å². The maximum atomic E-state index is 14.6. The fourth-order valence-corrected chi connectivity index (χ4v) is 3.58. The Bertz CT molecular complexity index is 910. The highest BCUT2D eigenvalue weighted by molar-refractivity contribution is 5.68. The van der Waals surface area contributed by atoms with Gasteiger partial charge in [0, 0.05) is 5.56 Å². The number of hydrogen-bond acceptors (Lipinski definition) is 3. The van der Waals surface area contributed by atoms with Gasteiger partial charge in [-0.3, -0.25) is 0 Å². The number of halogens is 5. The molecule has 0 aliphatic carbocycles. The Balaban J connectivity index is 2.01. The topological polar surface area (TPSA) is 35.5 Å². The molecule has 0 N–H and O–H groups in total. The van der Waals surface area contributed by atoms with Gasteiger partial charge in [0.15, 0.2) is 11.6 Å². The smallest absolute Gasteiger partial charge is 0.421 e. The Morgan fingerprint density at radius 3 is 2.12 bits per heavy atom. The molecule has 0 aromatic heterocycles. The highest BCUT2D eigenvalue weighted by Gasteiger charge is 2.42. The third-order valence-corrected chi connectivity index (χ3v) is 5.48. The number of ether oxygens (including phenoxy) is 2. The minimum absolute atomic E-state index is 0.0523. The van der Waals surface area contributed by atoms with E-state index in [1.165, 1.54) is 38.7 Å². The van der Waals surface area contributed by atoms with Gasteiger partial charge in [-0.25, -0.2) is 9.18 Å². The van der Waals surface area contributed by atoms with Crippen molar-refractivity contribution in [3.05, 3.63) is 53.6 Å². The minimum Gasteiger partial charge on any atom is -0.421 e. The third kappa shape index (κ3) is 8.29. The zero-order valence-corrected chi connectivity index (χ0v) is 19.5. The molecule has 0 radical (unpaired) electrons. The van der Waals surface area contributed by atoms with Crippen LogP contribution in [0.3, 0.4) is 0 Å². The molecule has 1 unspecified atom stereocenters. The molecule has 0 bridgehead atoms. The van der Waals surface area contributed by atoms with Crippen LogP contribution in [0.15, 0.2) is 36.4 Å². The maximum absolute atomic E-state index is 14.6. The van der Waals surface area contributed by atoms with Gasteiger partial charge in [-0.1, -0.05) is 76.6 Å². The maximum Gasteiger partial charge on any atom is 0.514 e. The molecule has 0 saturated heterocycles. The van der Waals surface area contributed by atoms with Crippen molar-refractivity contribution in [2.24, 2.45) is 0 Å². The first kappa shape index (κ1) is 27.6. The average Bonchev–Trinajstić information content (AvgIpc) is 2.79. The molecule has 188 valence electrons. The number of alkyl halides is 3. The first-order valence-corrected chi connectivity index (χ1v) is 11.7. The van der Waals surface area contributed by atoms with Crippen molar-refractivity contribution in [1.29, 1.82) is 0 Å². The van der Waals surface area contributed by atoms with E-state index >= 15 is 0 Å². The predicted octanol–water partition coefficient (Wildman–Crippen LogP) is 8.78. The molecule has 0 spiro atoms. The van der Waals surface area contributed by atoms with E-state index in [4.69, 9.17) is 0 Å². The number of unbranched alkanes of at least 4 members (excludes halogenated alkanes) is 5. The lowest BCUT2D eigenvalue weighted by Gasteiger charge is -2.19. The lowest BCUT2D eigenvalue weighted by atomic mass is 10.00. The summed E-state index contributed by atoms with van der Waals surface area (Å²) >= 11 is 0. The summed E-state index contributed by atoms with van der Waals surface area (Å²) in [7, 11) is 0. The number of aryl methyl sites for hydroxylation is 1. The molecular weight excluding hydrogens is 455 g/mol. The fraction of sp³-hybridized carbons (Fsp3) is 0.500. The number of carbonyl (C=O) groups excluding carboxylic acids is 1. The molecule has 0 aliphatic heterocycles. The van der Waals surface area contributed by atoms with E-state index in [1.54, 1.807) is 12.1 Å². The van der Waals surface area contributed by atoms with Crippen LogP contribution in [0, 0.1) is 11.6 Å². The van der Waals surface area contributed by atoms with Crippen LogP contribution in [0.1, 0.15) is 70.8 Å². The molecule has 2 aromatic rings. The fourth-order valence-electron chi connectivity index (χ4n) is 3.58. The second-order valence-electron chi connectivity index (χ2n) is 8.24. The van der Waals surface area contributed by atoms with Crippen molar-refractivity contribution < 1.29 is 36.2 Å². The number of benzene rings is 2. The van der Waals surface area contributed by atoms with Crippen LogP contribution < -0.4 is 4.74 Å². The van der Waals surface area contributed by atoms with Crippen molar-refractivity contribution in [3.8, 4) is 16.9 Å². The molecule has 0 fully saturated rings. The summed E-state index contributed by atoms with van der Waals surface area (Å²) in [4.78, 5) is 11.7. The quantitative estimate of drug-likeness (QED) is 0.130. The zero-order valence-electron chi connectivity index (χ0n) is 19.5. The first-order valence-electron chi connectivity index (χ1n) is 11.7. The molecule has 0 amide bonds. The molecule has 2 rings (SSSR count). The first-order chi connectivity index (χ1) is 16.2. The monoisotopic (exact) mass is 486 g/mol. The Kier molecular flexibility index (Phi) is 10.8. The van der Waals surface area contributed by atoms with Crippen molar-refractivity contribution in [2.45, 2.75) is 83.9 Å². The van der Waals surface area contributed by atoms with Gasteiger partial charge in [0.2, 0.25) is 11.9 Å². The largest absolute Gasteiger partial charge is 0.514 e. The summed E-state index contributed by atoms with van der Waals surface area (Å²) in [5.41, 5.74) is 1.47. The van der Waals surface area contributed by atoms with Crippen molar-refractivity contribution in [1.82, 2.24) is 0 Å². The van der Waals surface area contributed by atoms with Gasteiger partial charge in [-0.15, -0.1) is 0 Å². The molecule has 0 heterocycles. The van der Waals surface area contributed by atoms with E-state index in [0.29, 0.717) is 5.56 Å². The van der Waals surface area contributed by atoms with Crippen molar-refractivity contribution in [3.63, 3.8) is 0 Å². The van der Waals surface area contributed by atoms with Crippen molar-refractivity contribution in [2.75, 3.05) is 0 Å². The van der Waals surface area contributed by atoms with Gasteiger partial charge >= 0.3 is 12.3 Å². The summed E-state index contributed by atoms with van der Waals surface area (Å²) in [5.74, 6) is -3.59. The number of hydrogen-bond donors (Lipinski definition) is 0. The van der Waals surface area contributed by atoms with Crippen LogP contribution in [0.5, 0.6) is 5.75 Å². The summed E-state index contributed by atoms with van der Waals surface area (Å²) in [5, 5.41) is 0. The third-order valence-electron chi connectivity index (χ3n) is 5.48. The Morgan fingerprint density at radius 2 is 1.50 bits per heavy atom. The van der Waals surface area contributed by atoms with Crippen LogP contribution in [0.4, 0.5) is 26.7 Å². The van der Waals surface area contributed by atoms with Gasteiger partial charge in [0.25, 0.3) is 0 Å². The van der Waals surface area contributed by atoms with Crippen LogP contribution in [0.25, 0.3) is 11.1 Å². The minimum atomic E-state index is -4.79. The summed E-state index contributed by atoms with van der Waals surface area (Å²) in [6.45, 7) is 3.66. The van der Waals surface area contributed by atoms with Gasteiger partial charge in [-0.2, -0.15) is 17.6 Å². The Labute approximate surface area is 197 Å². The summed E-state index contributed by atoms with van der Waals surface area (Å²) < 4.78 is 76.5. The highest BCUT2D eigenvalue weighted by Crippen LogP contribution is 2.31. The van der Waals surface area contributed by atoms with E-state index in [1.807, 2.05) is 12.1 Å². The van der Waals surface area contributed by atoms with Crippen LogP contribution >= 0.6 is 0 Å². The van der Waals surface area contributed by atoms with Crippen molar-refractivity contribution >= 4 is 6.16 Å². The molecule has 3 nitrogen and oxygen atoms in total. The van der Waals surface area contributed by atoms with Crippen LogP contribution in [-0.2, 0) is 11.2 Å². The summed E-state index contributed by atoms with van der Waals surface area (Å²) in [6.07, 6.45) is -1.30. The van der Waals surface area contributed by atoms with Crippen LogP contribution in [-0.4, -0.2) is 18.4 Å². The second kappa shape index (κ2) is 13.3. The Hall–Kier alpha value is -2.64. The average molecular weight is 487 g/mol. The van der Waals surface area contributed by atoms with E-state index in [2.05, 4.69) is 16.4 Å². The number of carbonyl (C=O) groups is 1. The SMILES string of the molecule is CCCCCCCCc1ccc(-c2ccc(OC(=O)OC(CCC)C(F)(F)F)c(F)c2F)cc1.